The molecule has 150 valence electrons. The van der Waals surface area contributed by atoms with Crippen molar-refractivity contribution in [2.75, 3.05) is 13.1 Å². The highest BCUT2D eigenvalue weighted by molar-refractivity contribution is 6.04. The van der Waals surface area contributed by atoms with Gasteiger partial charge in [-0.15, -0.1) is 0 Å². The maximum Gasteiger partial charge on any atom is 0.233 e. The number of unbranched alkanes of at least 4 members (excludes halogenated alkanes) is 3. The summed E-state index contributed by atoms with van der Waals surface area (Å²) in [7, 11) is 0. The minimum atomic E-state index is -0.272. The molecule has 26 heavy (non-hydrogen) atoms. The second kappa shape index (κ2) is 9.52. The molecule has 5 heteroatoms. The molecular weight excluding hydrogens is 328 g/mol. The topological polar surface area (TPSA) is 66.5 Å². The zero-order valence-corrected chi connectivity index (χ0v) is 17.6. The van der Waals surface area contributed by atoms with Gasteiger partial charge in [0.25, 0.3) is 0 Å². The van der Waals surface area contributed by atoms with Crippen molar-refractivity contribution in [1.82, 2.24) is 10.2 Å². The third kappa shape index (κ3) is 7.88. The van der Waals surface area contributed by atoms with Crippen molar-refractivity contribution in [3.8, 4) is 0 Å². The summed E-state index contributed by atoms with van der Waals surface area (Å²) in [5.74, 6) is -0.638. The Kier molecular flexibility index (Phi) is 8.29. The van der Waals surface area contributed by atoms with E-state index in [4.69, 9.17) is 0 Å². The van der Waals surface area contributed by atoms with Crippen LogP contribution in [0, 0.1) is 16.7 Å². The van der Waals surface area contributed by atoms with Gasteiger partial charge in [-0.3, -0.25) is 19.3 Å². The Morgan fingerprint density at radius 3 is 2.19 bits per heavy atom. The molecule has 0 aromatic heterocycles. The largest absolute Gasteiger partial charge is 0.356 e. The van der Waals surface area contributed by atoms with Crippen LogP contribution in [0.5, 0.6) is 0 Å². The number of carbonyl (C=O) groups excluding carboxylic acids is 3. The first kappa shape index (κ1) is 22.7. The molecular formula is C21H38N2O3. The molecule has 1 aliphatic rings. The lowest BCUT2D eigenvalue weighted by molar-refractivity contribution is -0.140. The maximum absolute atomic E-state index is 12.4. The standard InChI is InChI=1S/C21H38N2O3/c1-20(2,3)12-9-7-8-10-13-22-17(24)11-14-23-18(25)15-16(19(23)26)21(4,5)6/h16H,7-15H2,1-6H3,(H,22,24). The number of likely N-dealkylation sites (tertiary alicyclic amines) is 1. The molecule has 1 fully saturated rings. The molecule has 0 spiro atoms. The quantitative estimate of drug-likeness (QED) is 0.497. The number of amides is 3. The molecule has 1 unspecified atom stereocenters. The van der Waals surface area contributed by atoms with Gasteiger partial charge in [-0.1, -0.05) is 60.8 Å². The van der Waals surface area contributed by atoms with Crippen LogP contribution >= 0.6 is 0 Å². The van der Waals surface area contributed by atoms with Crippen LogP contribution < -0.4 is 5.32 Å². The molecule has 0 aromatic rings. The Labute approximate surface area is 159 Å². The number of nitrogens with zero attached hydrogens (tertiary/aromatic N) is 1. The third-order valence-electron chi connectivity index (χ3n) is 5.03. The van der Waals surface area contributed by atoms with Crippen LogP contribution in [0.1, 0.15) is 86.5 Å². The summed E-state index contributed by atoms with van der Waals surface area (Å²) in [6, 6.07) is 0. The van der Waals surface area contributed by atoms with Gasteiger partial charge in [0.05, 0.1) is 5.92 Å². The summed E-state index contributed by atoms with van der Waals surface area (Å²) in [5.41, 5.74) is 0.168. The summed E-state index contributed by atoms with van der Waals surface area (Å²) in [6.07, 6.45) is 6.20. The van der Waals surface area contributed by atoms with E-state index in [1.54, 1.807) is 0 Å². The average Bonchev–Trinajstić information content (AvgIpc) is 2.78. The van der Waals surface area contributed by atoms with E-state index in [0.717, 1.165) is 12.8 Å². The Balaban J connectivity index is 2.19. The van der Waals surface area contributed by atoms with Gasteiger partial charge in [-0.25, -0.2) is 0 Å². The third-order valence-corrected chi connectivity index (χ3v) is 5.03. The van der Waals surface area contributed by atoms with E-state index in [1.807, 2.05) is 20.8 Å². The molecule has 0 radical (unpaired) electrons. The van der Waals surface area contributed by atoms with E-state index >= 15 is 0 Å². The lowest BCUT2D eigenvalue weighted by Gasteiger charge is -2.24. The van der Waals surface area contributed by atoms with Crippen LogP contribution in [0.2, 0.25) is 0 Å². The van der Waals surface area contributed by atoms with Crippen molar-refractivity contribution >= 4 is 17.7 Å². The van der Waals surface area contributed by atoms with Gasteiger partial charge in [0.15, 0.2) is 0 Å². The molecule has 1 aliphatic heterocycles. The molecule has 3 amide bonds. The monoisotopic (exact) mass is 366 g/mol. The van der Waals surface area contributed by atoms with Crippen molar-refractivity contribution in [1.29, 1.82) is 0 Å². The highest BCUT2D eigenvalue weighted by Gasteiger charge is 2.44. The van der Waals surface area contributed by atoms with E-state index in [0.29, 0.717) is 12.0 Å². The molecule has 1 atom stereocenters. The van der Waals surface area contributed by atoms with Crippen LogP contribution in [-0.2, 0) is 14.4 Å². The molecule has 1 saturated heterocycles. The lowest BCUT2D eigenvalue weighted by Crippen LogP contribution is -2.37. The predicted octanol–water partition coefficient (Wildman–Crippen LogP) is 3.91. The van der Waals surface area contributed by atoms with Gasteiger partial charge in [-0.2, -0.15) is 0 Å². The lowest BCUT2D eigenvalue weighted by atomic mass is 9.80. The number of carbonyl (C=O) groups is 3. The van der Waals surface area contributed by atoms with E-state index in [9.17, 15) is 14.4 Å². The number of rotatable bonds is 9. The summed E-state index contributed by atoms with van der Waals surface area (Å²) < 4.78 is 0. The van der Waals surface area contributed by atoms with Gasteiger partial charge in [0.1, 0.15) is 0 Å². The first-order valence-corrected chi connectivity index (χ1v) is 10.0. The highest BCUT2D eigenvalue weighted by Crippen LogP contribution is 2.35. The van der Waals surface area contributed by atoms with Crippen molar-refractivity contribution in [2.24, 2.45) is 16.7 Å². The fourth-order valence-corrected chi connectivity index (χ4v) is 3.26. The Bertz CT molecular complexity index is 500. The van der Waals surface area contributed by atoms with Crippen molar-refractivity contribution in [3.05, 3.63) is 0 Å². The second-order valence-corrected chi connectivity index (χ2v) is 9.83. The Hall–Kier alpha value is -1.39. The van der Waals surface area contributed by atoms with Crippen LogP contribution in [0.25, 0.3) is 0 Å². The SMILES string of the molecule is CC(C)(C)CCCCCCNC(=O)CCN1C(=O)CC(C(C)(C)C)C1=O. The molecule has 0 bridgehead atoms. The maximum atomic E-state index is 12.4. The predicted molar refractivity (Wildman–Crippen MR) is 104 cm³/mol. The van der Waals surface area contributed by atoms with E-state index < -0.39 is 0 Å². The van der Waals surface area contributed by atoms with E-state index in [1.165, 1.54) is 24.2 Å². The number of hydrogen-bond acceptors (Lipinski definition) is 3. The van der Waals surface area contributed by atoms with Gasteiger partial charge in [0.2, 0.25) is 17.7 Å². The normalized spacial score (nSPS) is 18.5. The Morgan fingerprint density at radius 1 is 1.04 bits per heavy atom. The first-order valence-electron chi connectivity index (χ1n) is 10.0. The van der Waals surface area contributed by atoms with Gasteiger partial charge < -0.3 is 5.32 Å². The highest BCUT2D eigenvalue weighted by atomic mass is 16.2. The minimum Gasteiger partial charge on any atom is -0.356 e. The molecule has 0 saturated carbocycles. The molecule has 1 heterocycles. The van der Waals surface area contributed by atoms with Crippen molar-refractivity contribution < 1.29 is 14.4 Å². The number of imide groups is 1. The van der Waals surface area contributed by atoms with Gasteiger partial charge >= 0.3 is 0 Å². The van der Waals surface area contributed by atoms with Crippen LogP contribution in [-0.4, -0.2) is 35.7 Å². The van der Waals surface area contributed by atoms with E-state index in [2.05, 4.69) is 26.1 Å². The van der Waals surface area contributed by atoms with Crippen molar-refractivity contribution in [3.63, 3.8) is 0 Å². The summed E-state index contributed by atoms with van der Waals surface area (Å²) in [5, 5.41) is 2.90. The van der Waals surface area contributed by atoms with Crippen LogP contribution in [0.3, 0.4) is 0 Å². The zero-order valence-electron chi connectivity index (χ0n) is 17.6. The summed E-state index contributed by atoms with van der Waals surface area (Å²) in [6.45, 7) is 13.6. The second-order valence-electron chi connectivity index (χ2n) is 9.83. The average molecular weight is 367 g/mol. The zero-order chi connectivity index (χ0) is 20.0. The van der Waals surface area contributed by atoms with Crippen LogP contribution in [0.15, 0.2) is 0 Å². The number of hydrogen-bond donors (Lipinski definition) is 1. The fourth-order valence-electron chi connectivity index (χ4n) is 3.26. The van der Waals surface area contributed by atoms with E-state index in [-0.39, 0.29) is 48.4 Å². The molecule has 1 rings (SSSR count). The van der Waals surface area contributed by atoms with Gasteiger partial charge in [0, 0.05) is 25.9 Å². The molecule has 0 aromatic carbocycles. The van der Waals surface area contributed by atoms with Crippen molar-refractivity contribution in [2.45, 2.75) is 86.5 Å². The molecule has 1 N–H and O–H groups in total. The summed E-state index contributed by atoms with van der Waals surface area (Å²) in [4.78, 5) is 37.7. The fraction of sp³-hybridized carbons (Fsp3) is 0.857. The van der Waals surface area contributed by atoms with Crippen LogP contribution in [0.4, 0.5) is 0 Å². The first-order chi connectivity index (χ1) is 11.9. The van der Waals surface area contributed by atoms with Gasteiger partial charge in [-0.05, 0) is 23.7 Å². The Morgan fingerprint density at radius 2 is 1.65 bits per heavy atom. The minimum absolute atomic E-state index is 0.0838. The molecule has 5 nitrogen and oxygen atoms in total. The smallest absolute Gasteiger partial charge is 0.233 e. The summed E-state index contributed by atoms with van der Waals surface area (Å²) >= 11 is 0. The number of nitrogens with one attached hydrogen (secondary N) is 1. The molecule has 0 aliphatic carbocycles.